The van der Waals surface area contributed by atoms with Crippen LogP contribution in [0.2, 0.25) is 5.02 Å². The van der Waals surface area contributed by atoms with Gasteiger partial charge in [-0.2, -0.15) is 0 Å². The molecule has 196 valence electrons. The van der Waals surface area contributed by atoms with Gasteiger partial charge in [-0.3, -0.25) is 9.52 Å². The Hall–Kier alpha value is -3.37. The molecule has 1 amide bonds. The van der Waals surface area contributed by atoms with Crippen LogP contribution in [0.25, 0.3) is 0 Å². The average Bonchev–Trinajstić information content (AvgIpc) is 2.89. The molecule has 11 heteroatoms. The summed E-state index contributed by atoms with van der Waals surface area (Å²) in [6, 6.07) is 14.2. The molecule has 1 fully saturated rings. The summed E-state index contributed by atoms with van der Waals surface area (Å²) in [5.74, 6) is 0.331. The number of halogens is 1. The predicted octanol–water partition coefficient (Wildman–Crippen LogP) is 3.67. The highest BCUT2D eigenvalue weighted by molar-refractivity contribution is 7.92. The third-order valence-corrected chi connectivity index (χ3v) is 8.47. The van der Waals surface area contributed by atoms with Gasteiger partial charge in [0.1, 0.15) is 12.1 Å². The Morgan fingerprint density at radius 3 is 2.68 bits per heavy atom. The molecular formula is C26H31ClN6O3S. The highest BCUT2D eigenvalue weighted by Gasteiger charge is 2.30. The van der Waals surface area contributed by atoms with Crippen LogP contribution in [-0.2, 0) is 21.2 Å². The lowest BCUT2D eigenvalue weighted by Crippen LogP contribution is -2.56. The summed E-state index contributed by atoms with van der Waals surface area (Å²) in [7, 11) is -3.75. The molecule has 0 unspecified atom stereocenters. The van der Waals surface area contributed by atoms with E-state index in [1.165, 1.54) is 24.2 Å². The Morgan fingerprint density at radius 1 is 1.14 bits per heavy atom. The second-order valence-electron chi connectivity index (χ2n) is 9.37. The first-order valence-electron chi connectivity index (χ1n) is 12.3. The second kappa shape index (κ2) is 10.5. The summed E-state index contributed by atoms with van der Waals surface area (Å²) in [5, 5.41) is 0.726. The molecule has 0 bridgehead atoms. The maximum Gasteiger partial charge on any atom is 0.263 e. The van der Waals surface area contributed by atoms with Crippen LogP contribution in [0.3, 0.4) is 0 Å². The fourth-order valence-corrected chi connectivity index (χ4v) is 6.21. The third-order valence-electron chi connectivity index (χ3n) is 6.86. The van der Waals surface area contributed by atoms with Crippen molar-refractivity contribution in [3.63, 3.8) is 0 Å². The van der Waals surface area contributed by atoms with Crippen molar-refractivity contribution >= 4 is 44.7 Å². The SMILES string of the molecule is C[C@H]1CN(c2ccc(S(=O)(=O)Nc3ccncn3)cc2)CCN1C(=O)CN1CCCc2cc(Cl)ccc21.[HH]. The van der Waals surface area contributed by atoms with E-state index < -0.39 is 10.0 Å². The van der Waals surface area contributed by atoms with E-state index in [0.717, 1.165) is 35.8 Å². The largest absolute Gasteiger partial charge is 0.368 e. The minimum absolute atomic E-state index is 0. The van der Waals surface area contributed by atoms with Crippen molar-refractivity contribution < 1.29 is 14.6 Å². The Kier molecular flexibility index (Phi) is 7.21. The smallest absolute Gasteiger partial charge is 0.263 e. The molecule has 1 atom stereocenters. The second-order valence-corrected chi connectivity index (χ2v) is 11.5. The molecule has 5 rings (SSSR count). The lowest BCUT2D eigenvalue weighted by Gasteiger charge is -2.42. The quantitative estimate of drug-likeness (QED) is 0.507. The lowest BCUT2D eigenvalue weighted by atomic mass is 10.0. The number of aromatic nitrogens is 2. The molecule has 2 aromatic carbocycles. The van der Waals surface area contributed by atoms with Crippen LogP contribution in [0.15, 0.2) is 66.0 Å². The molecule has 0 radical (unpaired) electrons. The predicted molar refractivity (Wildman–Crippen MR) is 147 cm³/mol. The third kappa shape index (κ3) is 5.65. The van der Waals surface area contributed by atoms with Crippen LogP contribution in [0.4, 0.5) is 17.2 Å². The van der Waals surface area contributed by atoms with Crippen molar-refractivity contribution in [3.8, 4) is 0 Å². The Labute approximate surface area is 223 Å². The summed E-state index contributed by atoms with van der Waals surface area (Å²) >= 11 is 6.16. The van der Waals surface area contributed by atoms with Gasteiger partial charge < -0.3 is 14.7 Å². The number of carbonyl (C=O) groups is 1. The van der Waals surface area contributed by atoms with Crippen molar-refractivity contribution in [1.82, 2.24) is 14.9 Å². The summed E-state index contributed by atoms with van der Waals surface area (Å²) in [6.07, 6.45) is 4.74. The van der Waals surface area contributed by atoms with E-state index in [1.54, 1.807) is 24.3 Å². The van der Waals surface area contributed by atoms with Crippen LogP contribution < -0.4 is 14.5 Å². The lowest BCUT2D eigenvalue weighted by molar-refractivity contribution is -0.132. The van der Waals surface area contributed by atoms with E-state index in [1.807, 2.05) is 23.1 Å². The molecule has 3 heterocycles. The van der Waals surface area contributed by atoms with Gasteiger partial charge in [0.05, 0.1) is 11.4 Å². The van der Waals surface area contributed by atoms with Crippen molar-refractivity contribution in [1.29, 1.82) is 0 Å². The summed E-state index contributed by atoms with van der Waals surface area (Å²) in [6.45, 7) is 5.22. The van der Waals surface area contributed by atoms with Crippen molar-refractivity contribution in [2.24, 2.45) is 0 Å². The fourth-order valence-electron chi connectivity index (χ4n) is 5.01. The minimum atomic E-state index is -3.75. The molecule has 37 heavy (non-hydrogen) atoms. The highest BCUT2D eigenvalue weighted by atomic mass is 35.5. The zero-order chi connectivity index (χ0) is 26.0. The molecule has 1 N–H and O–H groups in total. The molecule has 3 aromatic rings. The first-order valence-corrected chi connectivity index (χ1v) is 14.1. The normalized spacial score (nSPS) is 17.9. The van der Waals surface area contributed by atoms with Crippen molar-refractivity contribution in [2.45, 2.75) is 30.7 Å². The standard InChI is InChI=1S/C26H29ClN6O3S.H2/c1-19-16-31(22-5-7-23(8-6-22)37(35,36)30-25-10-11-28-18-29-25)13-14-33(19)26(34)17-32-12-2-3-20-15-21(27)4-9-24(20)32;/h4-11,15,18-19H,2-3,12-14,16-17H2,1H3,(H,28,29,30);1H/t19-;/m0./s1. The fraction of sp³-hybridized carbons (Fsp3) is 0.346. The van der Waals surface area contributed by atoms with Gasteiger partial charge in [0.2, 0.25) is 5.91 Å². The molecule has 9 nitrogen and oxygen atoms in total. The van der Waals surface area contributed by atoms with Crippen LogP contribution in [0.5, 0.6) is 0 Å². The Morgan fingerprint density at radius 2 is 1.95 bits per heavy atom. The number of nitrogens with zero attached hydrogens (tertiary/aromatic N) is 5. The van der Waals surface area contributed by atoms with Gasteiger partial charge in [-0.15, -0.1) is 0 Å². The zero-order valence-electron chi connectivity index (χ0n) is 20.5. The molecule has 0 saturated carbocycles. The molecule has 2 aliphatic rings. The summed E-state index contributed by atoms with van der Waals surface area (Å²) in [4.78, 5) is 27.4. The molecule has 2 aliphatic heterocycles. The van der Waals surface area contributed by atoms with E-state index >= 15 is 0 Å². The number of benzene rings is 2. The van der Waals surface area contributed by atoms with E-state index in [2.05, 4.69) is 31.4 Å². The maximum absolute atomic E-state index is 13.3. The maximum atomic E-state index is 13.3. The van der Waals surface area contributed by atoms with Gasteiger partial charge in [0.25, 0.3) is 10.0 Å². The average molecular weight is 543 g/mol. The van der Waals surface area contributed by atoms with Gasteiger partial charge in [0, 0.05) is 56.2 Å². The molecule has 1 saturated heterocycles. The molecule has 0 aliphatic carbocycles. The number of carbonyl (C=O) groups excluding carboxylic acids is 1. The number of sulfonamides is 1. The zero-order valence-corrected chi connectivity index (χ0v) is 22.1. The van der Waals surface area contributed by atoms with Crippen molar-refractivity contribution in [3.05, 3.63) is 71.6 Å². The van der Waals surface area contributed by atoms with E-state index in [4.69, 9.17) is 11.6 Å². The van der Waals surface area contributed by atoms with Gasteiger partial charge in [-0.1, -0.05) is 11.6 Å². The molecule has 1 aromatic heterocycles. The number of aryl methyl sites for hydroxylation is 1. The van der Waals surface area contributed by atoms with Crippen LogP contribution in [-0.4, -0.2) is 68.0 Å². The first kappa shape index (κ1) is 25.3. The van der Waals surface area contributed by atoms with Crippen LogP contribution in [0, 0.1) is 0 Å². The number of piperazine rings is 1. The summed E-state index contributed by atoms with van der Waals surface area (Å²) < 4.78 is 27.8. The van der Waals surface area contributed by atoms with Gasteiger partial charge in [-0.25, -0.2) is 18.4 Å². The number of rotatable bonds is 6. The number of hydrogen-bond acceptors (Lipinski definition) is 7. The van der Waals surface area contributed by atoms with Crippen molar-refractivity contribution in [2.75, 3.05) is 47.2 Å². The van der Waals surface area contributed by atoms with E-state index in [9.17, 15) is 13.2 Å². The summed E-state index contributed by atoms with van der Waals surface area (Å²) in [5.41, 5.74) is 3.21. The van der Waals surface area contributed by atoms with Crippen LogP contribution in [0.1, 0.15) is 20.3 Å². The number of nitrogens with one attached hydrogen (secondary N) is 1. The first-order chi connectivity index (χ1) is 17.8. The topological polar surface area (TPSA) is 98.7 Å². The van der Waals surface area contributed by atoms with E-state index in [0.29, 0.717) is 26.2 Å². The van der Waals surface area contributed by atoms with Crippen LogP contribution >= 0.6 is 11.6 Å². The van der Waals surface area contributed by atoms with Gasteiger partial charge >= 0.3 is 0 Å². The number of anilines is 3. The molecular weight excluding hydrogens is 512 g/mol. The Balaban J connectivity index is 0.00000336. The monoisotopic (exact) mass is 542 g/mol. The van der Waals surface area contributed by atoms with E-state index in [-0.39, 0.29) is 24.1 Å². The van der Waals surface area contributed by atoms with Gasteiger partial charge in [-0.05, 0) is 73.9 Å². The number of amides is 1. The highest BCUT2D eigenvalue weighted by Crippen LogP contribution is 2.30. The molecule has 0 spiro atoms. The van der Waals surface area contributed by atoms with Gasteiger partial charge in [0.15, 0.2) is 0 Å². The minimum Gasteiger partial charge on any atom is -0.368 e. The number of hydrogen-bond donors (Lipinski definition) is 1. The Bertz CT molecular complexity index is 1380. The number of fused-ring (bicyclic) bond motifs is 1.